The Balaban J connectivity index is 1.47. The molecule has 2 aromatic carbocycles. The van der Waals surface area contributed by atoms with Crippen molar-refractivity contribution in [3.8, 4) is 0 Å². The summed E-state index contributed by atoms with van der Waals surface area (Å²) in [7, 11) is 0. The number of thioether (sulfide) groups is 1. The Kier molecular flexibility index (Phi) is 9.02. The Morgan fingerprint density at radius 2 is 1.82 bits per heavy atom. The first-order valence-corrected chi connectivity index (χ1v) is 14.1. The van der Waals surface area contributed by atoms with Crippen molar-refractivity contribution in [1.82, 2.24) is 10.2 Å². The fourth-order valence-electron chi connectivity index (χ4n) is 6.02. The number of fused-ring (bicyclic) bond motifs is 2. The van der Waals surface area contributed by atoms with Gasteiger partial charge in [0.1, 0.15) is 0 Å². The summed E-state index contributed by atoms with van der Waals surface area (Å²) in [5.74, 6) is 0.141. The summed E-state index contributed by atoms with van der Waals surface area (Å²) in [5.41, 5.74) is -2.75. The number of carbonyl (C=O) groups excluding carboxylic acids is 2. The Hall–Kier alpha value is -3.21. The van der Waals surface area contributed by atoms with Gasteiger partial charge in [-0.1, -0.05) is 32.0 Å². The van der Waals surface area contributed by atoms with Crippen LogP contribution < -0.4 is 10.6 Å². The van der Waals surface area contributed by atoms with Gasteiger partial charge in [0, 0.05) is 35.8 Å². The average molecular weight is 578 g/mol. The maximum atomic E-state index is 13.5. The Morgan fingerprint density at radius 3 is 2.45 bits per heavy atom. The summed E-state index contributed by atoms with van der Waals surface area (Å²) in [6.45, 7) is 5.36. The van der Waals surface area contributed by atoms with E-state index in [0.29, 0.717) is 29.9 Å². The van der Waals surface area contributed by atoms with Crippen molar-refractivity contribution >= 4 is 35.4 Å². The monoisotopic (exact) mass is 577 g/mol. The predicted octanol–water partition coefficient (Wildman–Crippen LogP) is 6.61. The molecule has 2 bridgehead atoms. The molecule has 3 saturated carbocycles. The van der Waals surface area contributed by atoms with Crippen LogP contribution in [0.4, 0.5) is 23.7 Å². The number of nitrogens with one attached hydrogen (secondary N) is 2. The molecule has 3 aliphatic carbocycles. The number of benzene rings is 2. The Bertz CT molecular complexity index is 1230. The van der Waals surface area contributed by atoms with E-state index in [-0.39, 0.29) is 53.2 Å². The largest absolute Gasteiger partial charge is 0.481 e. The molecule has 2 aromatic rings. The number of halogens is 3. The van der Waals surface area contributed by atoms with E-state index in [1.807, 2.05) is 0 Å². The molecule has 0 radical (unpaired) electrons. The number of nitrogens with zero attached hydrogens (tertiary/aromatic N) is 1. The van der Waals surface area contributed by atoms with Gasteiger partial charge in [0.05, 0.1) is 6.42 Å². The highest BCUT2D eigenvalue weighted by atomic mass is 32.2. The van der Waals surface area contributed by atoms with Gasteiger partial charge in [-0.2, -0.15) is 13.2 Å². The van der Waals surface area contributed by atoms with Crippen LogP contribution in [0.3, 0.4) is 0 Å². The van der Waals surface area contributed by atoms with Crippen molar-refractivity contribution in [3.05, 3.63) is 59.7 Å². The standard InChI is InChI=1S/C29H34F3N3O4S/c1-28(2)21-11-10-20(24(28)14-21)17-35(27(39)34-22-4-3-5-23(15-22)40-29(30,31)32)16-18-6-8-19(9-7-18)26(38)33-13-12-25(36)37/h3-9,15,20-21,24H,10-14,16-17H2,1-2H3,(H,33,38)(H,34,39)(H,36,37). The van der Waals surface area contributed by atoms with Gasteiger partial charge in [-0.3, -0.25) is 9.59 Å². The fourth-order valence-corrected chi connectivity index (χ4v) is 6.62. The third-order valence-electron chi connectivity index (χ3n) is 8.28. The van der Waals surface area contributed by atoms with Crippen molar-refractivity contribution in [2.75, 3.05) is 18.4 Å². The number of carbonyl (C=O) groups is 3. The first-order valence-electron chi connectivity index (χ1n) is 13.3. The highest BCUT2D eigenvalue weighted by Crippen LogP contribution is 2.61. The van der Waals surface area contributed by atoms with E-state index < -0.39 is 17.5 Å². The summed E-state index contributed by atoms with van der Waals surface area (Å²) in [6, 6.07) is 12.0. The molecule has 0 aromatic heterocycles. The minimum absolute atomic E-state index is 0.0105. The zero-order valence-corrected chi connectivity index (χ0v) is 23.3. The molecule has 0 saturated heterocycles. The lowest BCUT2D eigenvalue weighted by Gasteiger charge is -2.60. The van der Waals surface area contributed by atoms with Gasteiger partial charge in [-0.25, -0.2) is 4.79 Å². The molecule has 7 nitrogen and oxygen atoms in total. The highest BCUT2D eigenvalue weighted by molar-refractivity contribution is 8.00. The fraction of sp³-hybridized carbons (Fsp3) is 0.483. The van der Waals surface area contributed by atoms with Crippen molar-refractivity contribution in [2.45, 2.75) is 56.5 Å². The van der Waals surface area contributed by atoms with E-state index in [9.17, 15) is 27.6 Å². The van der Waals surface area contributed by atoms with Crippen molar-refractivity contribution < 1.29 is 32.7 Å². The summed E-state index contributed by atoms with van der Waals surface area (Å²) in [5, 5.41) is 14.1. The molecule has 3 amide bonds. The van der Waals surface area contributed by atoms with Gasteiger partial charge in [0.25, 0.3) is 5.91 Å². The van der Waals surface area contributed by atoms with Crippen molar-refractivity contribution in [3.63, 3.8) is 0 Å². The Morgan fingerprint density at radius 1 is 1.10 bits per heavy atom. The second-order valence-corrected chi connectivity index (χ2v) is 12.3. The van der Waals surface area contributed by atoms with E-state index in [0.717, 1.165) is 24.8 Å². The van der Waals surface area contributed by atoms with Crippen LogP contribution in [0, 0.1) is 23.2 Å². The molecular weight excluding hydrogens is 543 g/mol. The molecule has 3 unspecified atom stereocenters. The van der Waals surface area contributed by atoms with E-state index in [1.54, 1.807) is 35.2 Å². The van der Waals surface area contributed by atoms with Crippen LogP contribution in [-0.4, -0.2) is 46.5 Å². The summed E-state index contributed by atoms with van der Waals surface area (Å²) in [4.78, 5) is 38.2. The second kappa shape index (κ2) is 12.1. The summed E-state index contributed by atoms with van der Waals surface area (Å²) >= 11 is -0.230. The number of hydrogen-bond donors (Lipinski definition) is 3. The topological polar surface area (TPSA) is 98.7 Å². The molecule has 11 heteroatoms. The van der Waals surface area contributed by atoms with Crippen LogP contribution in [0.15, 0.2) is 53.4 Å². The average Bonchev–Trinajstić information content (AvgIpc) is 2.87. The van der Waals surface area contributed by atoms with Gasteiger partial charge in [0.15, 0.2) is 0 Å². The van der Waals surface area contributed by atoms with Crippen LogP contribution >= 0.6 is 11.8 Å². The van der Waals surface area contributed by atoms with Gasteiger partial charge in [0.2, 0.25) is 0 Å². The SMILES string of the molecule is CC1(C)C2CCC(CN(Cc3ccc(C(=O)NCCC(=O)O)cc3)C(=O)Nc3cccc(SC(F)(F)F)c3)C1C2. The van der Waals surface area contributed by atoms with Crippen LogP contribution in [-0.2, 0) is 11.3 Å². The molecule has 3 atom stereocenters. The van der Waals surface area contributed by atoms with Crippen molar-refractivity contribution in [2.24, 2.45) is 23.2 Å². The van der Waals surface area contributed by atoms with Crippen molar-refractivity contribution in [1.29, 1.82) is 0 Å². The first kappa shape index (κ1) is 29.8. The number of aliphatic carboxylic acids is 1. The number of rotatable bonds is 10. The quantitative estimate of drug-likeness (QED) is 0.276. The number of alkyl halides is 3. The summed E-state index contributed by atoms with van der Waals surface area (Å²) in [6.07, 6.45) is 3.11. The lowest BCUT2D eigenvalue weighted by Crippen LogP contribution is -2.55. The van der Waals surface area contributed by atoms with Crippen LogP contribution in [0.2, 0.25) is 0 Å². The smallest absolute Gasteiger partial charge is 0.446 e. The molecule has 216 valence electrons. The van der Waals surface area contributed by atoms with Crippen LogP contribution in [0.25, 0.3) is 0 Å². The third-order valence-corrected chi connectivity index (χ3v) is 9.00. The van der Waals surface area contributed by atoms with Crippen LogP contribution in [0.5, 0.6) is 0 Å². The lowest BCUT2D eigenvalue weighted by molar-refractivity contribution is -0.136. The van der Waals surface area contributed by atoms with Gasteiger partial charge >= 0.3 is 17.5 Å². The van der Waals surface area contributed by atoms with Gasteiger partial charge < -0.3 is 20.6 Å². The second-order valence-electron chi connectivity index (χ2n) is 11.2. The maximum Gasteiger partial charge on any atom is 0.446 e. The van der Waals surface area contributed by atoms with Crippen LogP contribution in [0.1, 0.15) is 55.5 Å². The zero-order valence-electron chi connectivity index (χ0n) is 22.5. The normalized spacial score (nSPS) is 21.2. The zero-order chi connectivity index (χ0) is 29.1. The minimum Gasteiger partial charge on any atom is -0.481 e. The molecule has 3 aliphatic rings. The molecule has 0 spiro atoms. The van der Waals surface area contributed by atoms with E-state index >= 15 is 0 Å². The number of carboxylic acids is 1. The molecular formula is C29H34F3N3O4S. The predicted molar refractivity (Wildman–Crippen MR) is 147 cm³/mol. The highest BCUT2D eigenvalue weighted by Gasteiger charge is 2.54. The molecule has 3 N–H and O–H groups in total. The molecule has 0 heterocycles. The molecule has 40 heavy (non-hydrogen) atoms. The number of urea groups is 1. The number of amides is 3. The lowest BCUT2D eigenvalue weighted by atomic mass is 9.45. The van der Waals surface area contributed by atoms with Gasteiger partial charge in [-0.15, -0.1) is 0 Å². The van der Waals surface area contributed by atoms with E-state index in [1.165, 1.54) is 18.2 Å². The third kappa shape index (κ3) is 7.50. The molecule has 5 rings (SSSR count). The maximum absolute atomic E-state index is 13.5. The first-order chi connectivity index (χ1) is 18.8. The number of hydrogen-bond acceptors (Lipinski definition) is 4. The van der Waals surface area contributed by atoms with E-state index in [4.69, 9.17) is 5.11 Å². The number of anilines is 1. The molecule has 3 fully saturated rings. The molecule has 0 aliphatic heterocycles. The number of carboxylic acid groups (broad SMARTS) is 1. The Labute approximate surface area is 235 Å². The van der Waals surface area contributed by atoms with E-state index in [2.05, 4.69) is 24.5 Å². The van der Waals surface area contributed by atoms with Gasteiger partial charge in [-0.05, 0) is 90.1 Å². The minimum atomic E-state index is -4.43. The summed E-state index contributed by atoms with van der Waals surface area (Å²) < 4.78 is 38.6.